The first-order valence-corrected chi connectivity index (χ1v) is 8.15. The van der Waals surface area contributed by atoms with Crippen LogP contribution >= 0.6 is 46.4 Å². The van der Waals surface area contributed by atoms with Gasteiger partial charge in [0, 0.05) is 6.54 Å². The van der Waals surface area contributed by atoms with Gasteiger partial charge >= 0.3 is 0 Å². The monoisotopic (exact) mass is 388 g/mol. The maximum atomic E-state index is 13.2. The molecule has 1 aromatic carbocycles. The quantitative estimate of drug-likeness (QED) is 0.357. The number of aliphatic hydroxyl groups excluding tert-OH is 2. The summed E-state index contributed by atoms with van der Waals surface area (Å²) in [5, 5.41) is 32.7. The van der Waals surface area contributed by atoms with Crippen LogP contribution in [0.5, 0.6) is 0 Å². The Morgan fingerprint density at radius 3 is 2.09 bits per heavy atom. The number of fused-ring (bicyclic) bond motifs is 1. The van der Waals surface area contributed by atoms with Crippen LogP contribution < -0.4 is 9.55 Å². The van der Waals surface area contributed by atoms with Gasteiger partial charge in [-0.25, -0.2) is 0 Å². The Labute approximate surface area is 148 Å². The number of quaternary nitrogens is 1. The number of hydrogen-bond acceptors (Lipinski definition) is 4. The van der Waals surface area contributed by atoms with Gasteiger partial charge in [0.15, 0.2) is 12.4 Å². The third-order valence-electron chi connectivity index (χ3n) is 3.38. The molecule has 5 nitrogen and oxygen atoms in total. The molecule has 0 aliphatic carbocycles. The van der Waals surface area contributed by atoms with Crippen LogP contribution in [-0.2, 0) is 0 Å². The lowest BCUT2D eigenvalue weighted by Crippen LogP contribution is -2.50. The highest BCUT2D eigenvalue weighted by molar-refractivity contribution is 6.54. The fraction of sp³-hybridized carbons (Fsp3) is 0.538. The summed E-state index contributed by atoms with van der Waals surface area (Å²) in [6.45, 7) is 3.14. The maximum absolute atomic E-state index is 13.2. The van der Waals surface area contributed by atoms with E-state index >= 15 is 0 Å². The highest BCUT2D eigenvalue weighted by Gasteiger charge is 2.43. The van der Waals surface area contributed by atoms with Crippen LogP contribution in [0.25, 0.3) is 0 Å². The highest BCUT2D eigenvalue weighted by Crippen LogP contribution is 2.55. The summed E-state index contributed by atoms with van der Waals surface area (Å²) in [6, 6.07) is 0. The van der Waals surface area contributed by atoms with Crippen molar-refractivity contribution in [3.8, 4) is 0 Å². The van der Waals surface area contributed by atoms with Gasteiger partial charge in [0.05, 0.1) is 21.2 Å². The van der Waals surface area contributed by atoms with Gasteiger partial charge in [-0.15, -0.1) is 0 Å². The van der Waals surface area contributed by atoms with Crippen LogP contribution in [0.4, 0.5) is 11.4 Å². The molecule has 1 aliphatic heterocycles. The lowest BCUT2D eigenvalue weighted by molar-refractivity contribution is 0.153. The smallest absolute Gasteiger partial charge is 0.180 e. The molecule has 3 atom stereocenters. The van der Waals surface area contributed by atoms with Gasteiger partial charge in [-0.1, -0.05) is 46.4 Å². The van der Waals surface area contributed by atoms with E-state index in [2.05, 4.69) is 0 Å². The molecule has 1 heterocycles. The van der Waals surface area contributed by atoms with Gasteiger partial charge < -0.3 is 25.0 Å². The highest BCUT2D eigenvalue weighted by atomic mass is 35.5. The number of nitrogens with zero attached hydrogens (tertiary/aromatic N) is 2. The molecule has 2 N–H and O–H groups in total. The summed E-state index contributed by atoms with van der Waals surface area (Å²) in [6.07, 6.45) is -1.53. The summed E-state index contributed by atoms with van der Waals surface area (Å²) in [7, 11) is 0. The maximum Gasteiger partial charge on any atom is 0.180 e. The van der Waals surface area contributed by atoms with Crippen LogP contribution in [-0.4, -0.2) is 42.2 Å². The fourth-order valence-corrected chi connectivity index (χ4v) is 3.84. The Bertz CT molecular complexity index is 597. The minimum atomic E-state index is -0.908. The summed E-state index contributed by atoms with van der Waals surface area (Å²) < 4.78 is -0.908. The molecule has 22 heavy (non-hydrogen) atoms. The molecule has 3 unspecified atom stereocenters. The van der Waals surface area contributed by atoms with Crippen molar-refractivity contribution >= 4 is 57.8 Å². The van der Waals surface area contributed by atoms with E-state index in [0.29, 0.717) is 5.69 Å². The molecule has 0 amide bonds. The Kier molecular flexibility index (Phi) is 5.42. The predicted octanol–water partition coefficient (Wildman–Crippen LogP) is 3.64. The molecule has 0 bridgehead atoms. The normalized spacial score (nSPS) is 23.6. The lowest BCUT2D eigenvalue weighted by Gasteiger charge is -2.39. The minimum Gasteiger partial charge on any atom is -0.626 e. The minimum absolute atomic E-state index is 0.00919. The van der Waals surface area contributed by atoms with Crippen molar-refractivity contribution in [1.29, 1.82) is 0 Å². The molecular formula is C13H16Cl4N2O3. The molecule has 0 radical (unpaired) electrons. The number of aliphatic hydroxyl groups is 2. The van der Waals surface area contributed by atoms with Crippen LogP contribution in [0.3, 0.4) is 0 Å². The number of β-amino-alcohol motifs (C(OH)–C–C–N with tert-alkyl or cyclic N) is 1. The summed E-state index contributed by atoms with van der Waals surface area (Å²) >= 11 is 24.6. The van der Waals surface area contributed by atoms with Gasteiger partial charge in [0.2, 0.25) is 0 Å². The van der Waals surface area contributed by atoms with Gasteiger partial charge in [0.1, 0.15) is 23.4 Å². The number of halogens is 4. The third-order valence-corrected chi connectivity index (χ3v) is 5.17. The van der Waals surface area contributed by atoms with Crippen molar-refractivity contribution in [2.45, 2.75) is 26.1 Å². The molecule has 2 rings (SSSR count). The van der Waals surface area contributed by atoms with E-state index in [-0.39, 0.29) is 45.5 Å². The van der Waals surface area contributed by atoms with Gasteiger partial charge in [-0.05, 0) is 13.8 Å². The van der Waals surface area contributed by atoms with Crippen LogP contribution in [0.2, 0.25) is 20.1 Å². The zero-order chi connectivity index (χ0) is 16.8. The standard InChI is InChI=1S/C13H16Cl4N2O3/c1-6(20)3-18-5-19(22,4-7(2)21)13-11(17)9(15)8(14)10(16)12(13)18/h6-7,20-21H,3-5H2,1-2H3. The fourth-order valence-electron chi connectivity index (χ4n) is 2.73. The number of hydroxylamine groups is 2. The van der Waals surface area contributed by atoms with Crippen molar-refractivity contribution in [1.82, 2.24) is 4.65 Å². The van der Waals surface area contributed by atoms with Gasteiger partial charge in [0.25, 0.3) is 0 Å². The SMILES string of the molecule is CC(O)CN1C[N+]([O-])(CC(C)O)c2c(Cl)c(Cl)c(Cl)c(Cl)c21. The molecule has 0 aromatic heterocycles. The lowest BCUT2D eigenvalue weighted by atomic mass is 10.2. The largest absolute Gasteiger partial charge is 0.626 e. The molecule has 0 spiro atoms. The van der Waals surface area contributed by atoms with E-state index in [1.165, 1.54) is 6.92 Å². The summed E-state index contributed by atoms with van der Waals surface area (Å²) in [5.74, 6) is 0. The second-order valence-corrected chi connectivity index (χ2v) is 7.10. The first-order valence-electron chi connectivity index (χ1n) is 6.64. The average Bonchev–Trinajstić information content (AvgIpc) is 2.64. The third kappa shape index (κ3) is 3.14. The predicted molar refractivity (Wildman–Crippen MR) is 92.1 cm³/mol. The molecule has 1 aliphatic rings. The summed E-state index contributed by atoms with van der Waals surface area (Å²) in [4.78, 5) is 1.62. The Hall–Kier alpha value is 0.0200. The first-order chi connectivity index (χ1) is 10.1. The second-order valence-electron chi connectivity index (χ2n) is 5.59. The number of anilines is 1. The number of hydrogen-bond donors (Lipinski definition) is 2. The number of benzene rings is 1. The summed E-state index contributed by atoms with van der Waals surface area (Å²) in [5.41, 5.74) is 0.528. The van der Waals surface area contributed by atoms with Crippen LogP contribution in [0, 0.1) is 5.21 Å². The van der Waals surface area contributed by atoms with E-state index in [9.17, 15) is 15.4 Å². The van der Waals surface area contributed by atoms with Crippen molar-refractivity contribution in [2.24, 2.45) is 0 Å². The molecular weight excluding hydrogens is 374 g/mol. The molecule has 1 aromatic rings. The van der Waals surface area contributed by atoms with Crippen LogP contribution in [0.1, 0.15) is 13.8 Å². The Morgan fingerprint density at radius 2 is 1.59 bits per heavy atom. The molecule has 9 heteroatoms. The molecule has 0 saturated carbocycles. The second kappa shape index (κ2) is 6.49. The zero-order valence-electron chi connectivity index (χ0n) is 12.0. The van der Waals surface area contributed by atoms with Crippen LogP contribution in [0.15, 0.2) is 0 Å². The van der Waals surface area contributed by atoms with Crippen molar-refractivity contribution in [3.63, 3.8) is 0 Å². The first kappa shape index (κ1) is 18.4. The Morgan fingerprint density at radius 1 is 1.05 bits per heavy atom. The van der Waals surface area contributed by atoms with E-state index < -0.39 is 16.9 Å². The molecule has 0 saturated heterocycles. The van der Waals surface area contributed by atoms with Crippen molar-refractivity contribution in [3.05, 3.63) is 25.3 Å². The Balaban J connectivity index is 2.67. The van der Waals surface area contributed by atoms with Gasteiger partial charge in [-0.2, -0.15) is 0 Å². The van der Waals surface area contributed by atoms with Crippen molar-refractivity contribution < 1.29 is 10.2 Å². The van der Waals surface area contributed by atoms with E-state index in [4.69, 9.17) is 46.4 Å². The van der Waals surface area contributed by atoms with E-state index in [0.717, 1.165) is 0 Å². The van der Waals surface area contributed by atoms with Crippen molar-refractivity contribution in [2.75, 3.05) is 24.7 Å². The molecule has 124 valence electrons. The topological polar surface area (TPSA) is 66.8 Å². The van der Waals surface area contributed by atoms with E-state index in [1.54, 1.807) is 11.8 Å². The van der Waals surface area contributed by atoms with Gasteiger partial charge in [-0.3, -0.25) is 0 Å². The average molecular weight is 390 g/mol. The zero-order valence-corrected chi connectivity index (χ0v) is 15.0. The number of rotatable bonds is 4. The van der Waals surface area contributed by atoms with E-state index in [1.807, 2.05) is 0 Å². The molecule has 0 fully saturated rings.